The maximum Gasteiger partial charge on any atom is 0.0380 e. The topological polar surface area (TPSA) is 0 Å². The molecule has 2 aliphatic carbocycles. The lowest BCUT2D eigenvalue weighted by atomic mass is 9.77. The summed E-state index contributed by atoms with van der Waals surface area (Å²) in [5, 5.41) is 6.14. The molecule has 98 valence electrons. The first kappa shape index (κ1) is 12.0. The lowest BCUT2D eigenvalue weighted by Gasteiger charge is -2.28. The Morgan fingerprint density at radius 1 is 0.950 bits per heavy atom. The van der Waals surface area contributed by atoms with Crippen molar-refractivity contribution < 1.29 is 0 Å². The minimum Gasteiger partial charge on any atom is -0.0846 e. The van der Waals surface area contributed by atoms with Crippen molar-refractivity contribution in [2.24, 2.45) is 5.41 Å². The zero-order valence-corrected chi connectivity index (χ0v) is 12.3. The van der Waals surface area contributed by atoms with Crippen LogP contribution in [0.25, 0.3) is 22.4 Å². The molecule has 0 fully saturated rings. The molecule has 2 aromatic rings. The van der Waals surface area contributed by atoms with E-state index in [2.05, 4.69) is 68.5 Å². The second-order valence-corrected chi connectivity index (χ2v) is 6.56. The van der Waals surface area contributed by atoms with E-state index in [-0.39, 0.29) is 5.41 Å². The van der Waals surface area contributed by atoms with Crippen LogP contribution in [0.4, 0.5) is 0 Å². The lowest BCUT2D eigenvalue weighted by molar-refractivity contribution is 0.643. The molecule has 0 spiro atoms. The van der Waals surface area contributed by atoms with Crippen LogP contribution in [0.15, 0.2) is 59.2 Å². The molecule has 2 aliphatic rings. The Morgan fingerprint density at radius 3 is 2.60 bits per heavy atom. The van der Waals surface area contributed by atoms with Gasteiger partial charge in [0.25, 0.3) is 0 Å². The molecule has 0 bridgehead atoms. The Bertz CT molecular complexity index is 924. The predicted octanol–water partition coefficient (Wildman–Crippen LogP) is 3.87. The van der Waals surface area contributed by atoms with E-state index in [4.69, 9.17) is 11.6 Å². The normalized spacial score (nSPS) is 19.1. The van der Waals surface area contributed by atoms with Crippen LogP contribution < -0.4 is 10.4 Å². The first-order valence-electron chi connectivity index (χ1n) is 6.91. The summed E-state index contributed by atoms with van der Waals surface area (Å²) in [6.07, 6.45) is 6.49. The van der Waals surface area contributed by atoms with E-state index in [9.17, 15) is 0 Å². The molecule has 2 aromatic carbocycles. The van der Waals surface area contributed by atoms with Crippen LogP contribution in [-0.2, 0) is 0 Å². The van der Waals surface area contributed by atoms with Crippen LogP contribution in [0.5, 0.6) is 0 Å². The summed E-state index contributed by atoms with van der Waals surface area (Å²) < 4.78 is 0. The van der Waals surface area contributed by atoms with Gasteiger partial charge in [0.1, 0.15) is 0 Å². The average Bonchev–Trinajstić information content (AvgIpc) is 2.76. The van der Waals surface area contributed by atoms with E-state index < -0.39 is 0 Å². The number of fused-ring (bicyclic) bond motifs is 4. The van der Waals surface area contributed by atoms with Crippen LogP contribution in [-0.4, -0.2) is 0 Å². The highest BCUT2D eigenvalue weighted by Gasteiger charge is 2.30. The second-order valence-electron chi connectivity index (χ2n) is 6.12. The van der Waals surface area contributed by atoms with Gasteiger partial charge >= 0.3 is 0 Å². The Morgan fingerprint density at radius 2 is 1.75 bits per heavy atom. The van der Waals surface area contributed by atoms with Crippen LogP contribution in [0.3, 0.4) is 0 Å². The van der Waals surface area contributed by atoms with Gasteiger partial charge in [-0.05, 0) is 44.5 Å². The monoisotopic (exact) mass is 278 g/mol. The van der Waals surface area contributed by atoms with Gasteiger partial charge < -0.3 is 0 Å². The van der Waals surface area contributed by atoms with Crippen molar-refractivity contribution in [2.45, 2.75) is 13.8 Å². The zero-order valence-electron chi connectivity index (χ0n) is 11.6. The van der Waals surface area contributed by atoms with Crippen molar-refractivity contribution in [2.75, 3.05) is 0 Å². The minimum atomic E-state index is -0.0347. The highest BCUT2D eigenvalue weighted by atomic mass is 35.5. The standard InChI is InChI=1S/C19H15Cl/c1-19(2)11-15(20)10-14-9-13-8-7-12-5-3-4-6-16(12)17(13)18(14)19/h3-11H,1-2H3. The molecule has 0 nitrogen and oxygen atoms in total. The third-order valence-corrected chi connectivity index (χ3v) is 4.47. The average molecular weight is 279 g/mol. The van der Waals surface area contributed by atoms with Crippen LogP contribution in [0, 0.1) is 5.41 Å². The van der Waals surface area contributed by atoms with Crippen LogP contribution in [0.2, 0.25) is 0 Å². The fraction of sp³-hybridized carbons (Fsp3) is 0.158. The van der Waals surface area contributed by atoms with E-state index in [0.29, 0.717) is 0 Å². The number of benzene rings is 2. The van der Waals surface area contributed by atoms with E-state index >= 15 is 0 Å². The zero-order chi connectivity index (χ0) is 13.9. The first-order chi connectivity index (χ1) is 9.56. The molecule has 1 heteroatoms. The Kier molecular flexibility index (Phi) is 2.32. The Labute approximate surface area is 123 Å². The summed E-state index contributed by atoms with van der Waals surface area (Å²) in [6, 6.07) is 13.0. The summed E-state index contributed by atoms with van der Waals surface area (Å²) >= 11 is 6.28. The summed E-state index contributed by atoms with van der Waals surface area (Å²) in [5.41, 5.74) is 2.62. The summed E-state index contributed by atoms with van der Waals surface area (Å²) in [4.78, 5) is 0. The van der Waals surface area contributed by atoms with E-state index in [1.165, 1.54) is 32.4 Å². The number of hydrogen-bond donors (Lipinski definition) is 0. The van der Waals surface area contributed by atoms with Gasteiger partial charge in [0.15, 0.2) is 0 Å². The molecule has 0 unspecified atom stereocenters. The lowest BCUT2D eigenvalue weighted by Crippen LogP contribution is -2.28. The summed E-state index contributed by atoms with van der Waals surface area (Å²) in [5.74, 6) is 0. The molecule has 0 amide bonds. The molecule has 0 radical (unpaired) electrons. The molecule has 0 saturated carbocycles. The molecule has 0 saturated heterocycles. The van der Waals surface area contributed by atoms with Gasteiger partial charge in [-0.1, -0.05) is 67.9 Å². The summed E-state index contributed by atoms with van der Waals surface area (Å²) in [7, 11) is 0. The summed E-state index contributed by atoms with van der Waals surface area (Å²) in [6.45, 7) is 4.48. The maximum atomic E-state index is 6.28. The van der Waals surface area contributed by atoms with E-state index in [1.807, 2.05) is 0 Å². The Balaban J connectivity index is 2.26. The van der Waals surface area contributed by atoms with Crippen molar-refractivity contribution in [1.82, 2.24) is 0 Å². The highest BCUT2D eigenvalue weighted by molar-refractivity contribution is 6.32. The van der Waals surface area contributed by atoms with Crippen molar-refractivity contribution in [3.63, 3.8) is 0 Å². The number of halogens is 1. The van der Waals surface area contributed by atoms with Crippen LogP contribution in [0.1, 0.15) is 13.8 Å². The maximum absolute atomic E-state index is 6.28. The van der Waals surface area contributed by atoms with E-state index in [0.717, 1.165) is 5.03 Å². The van der Waals surface area contributed by atoms with E-state index in [1.54, 1.807) is 0 Å². The molecular weight excluding hydrogens is 264 g/mol. The molecule has 0 aromatic heterocycles. The number of rotatable bonds is 0. The minimum absolute atomic E-state index is 0.0347. The van der Waals surface area contributed by atoms with Gasteiger partial charge in [-0.25, -0.2) is 0 Å². The largest absolute Gasteiger partial charge is 0.0846 e. The number of allylic oxidation sites excluding steroid dienone is 4. The van der Waals surface area contributed by atoms with Gasteiger partial charge in [0.2, 0.25) is 0 Å². The Hall–Kier alpha value is -1.79. The van der Waals surface area contributed by atoms with Gasteiger partial charge in [-0.15, -0.1) is 0 Å². The molecule has 0 atom stereocenters. The third kappa shape index (κ3) is 1.55. The van der Waals surface area contributed by atoms with Crippen molar-refractivity contribution in [1.29, 1.82) is 0 Å². The fourth-order valence-corrected chi connectivity index (χ4v) is 3.88. The van der Waals surface area contributed by atoms with Gasteiger partial charge in [0, 0.05) is 10.4 Å². The van der Waals surface area contributed by atoms with Gasteiger partial charge in [-0.2, -0.15) is 0 Å². The SMILES string of the molecule is CC1(C)C=C(Cl)C=C2C=c3ccc4ccccc4c3=C21. The van der Waals surface area contributed by atoms with Gasteiger partial charge in [0.05, 0.1) is 0 Å². The van der Waals surface area contributed by atoms with Crippen molar-refractivity contribution in [3.05, 3.63) is 69.6 Å². The fourth-order valence-electron chi connectivity index (χ4n) is 3.49. The first-order valence-corrected chi connectivity index (χ1v) is 7.29. The predicted molar refractivity (Wildman–Crippen MR) is 86.9 cm³/mol. The molecule has 0 aliphatic heterocycles. The quantitative estimate of drug-likeness (QED) is 0.686. The van der Waals surface area contributed by atoms with Crippen molar-refractivity contribution >= 4 is 34.0 Å². The third-order valence-electron chi connectivity index (χ3n) is 4.25. The molecule has 0 N–H and O–H groups in total. The molecule has 0 heterocycles. The van der Waals surface area contributed by atoms with Crippen LogP contribution >= 0.6 is 11.6 Å². The van der Waals surface area contributed by atoms with Gasteiger partial charge in [-0.3, -0.25) is 0 Å². The smallest absolute Gasteiger partial charge is 0.0380 e. The number of hydrogen-bond acceptors (Lipinski definition) is 0. The van der Waals surface area contributed by atoms with Crippen molar-refractivity contribution in [3.8, 4) is 0 Å². The molecule has 4 rings (SSSR count). The highest BCUT2D eigenvalue weighted by Crippen LogP contribution is 2.41. The molecular formula is C19H15Cl. The second kappa shape index (κ2) is 3.86. The molecule has 20 heavy (non-hydrogen) atoms.